The highest BCUT2D eigenvalue weighted by Gasteiger charge is 2.18. The van der Waals surface area contributed by atoms with Gasteiger partial charge in [0, 0.05) is 31.7 Å². The Kier molecular flexibility index (Phi) is 5.99. The molecule has 33 heavy (non-hydrogen) atoms. The molecule has 1 amide bonds. The molecule has 166 valence electrons. The zero-order chi connectivity index (χ0) is 22.8. The molecule has 0 unspecified atom stereocenters. The number of anilines is 2. The highest BCUT2D eigenvalue weighted by atomic mass is 35.5. The Bertz CT molecular complexity index is 1330. The van der Waals surface area contributed by atoms with Gasteiger partial charge in [-0.25, -0.2) is 4.39 Å². The Morgan fingerprint density at radius 3 is 2.45 bits per heavy atom. The second-order valence-electron chi connectivity index (χ2n) is 8.08. The van der Waals surface area contributed by atoms with Gasteiger partial charge in [0.15, 0.2) is 0 Å². The van der Waals surface area contributed by atoms with Crippen LogP contribution in [0.25, 0.3) is 21.9 Å². The van der Waals surface area contributed by atoms with Crippen molar-refractivity contribution in [3.05, 3.63) is 95.3 Å². The van der Waals surface area contributed by atoms with Gasteiger partial charge < -0.3 is 15.5 Å². The lowest BCUT2D eigenvalue weighted by atomic mass is 10.0. The summed E-state index contributed by atoms with van der Waals surface area (Å²) in [6.07, 6.45) is 0. The maximum absolute atomic E-state index is 13.7. The number of fused-ring (bicyclic) bond motifs is 1. The van der Waals surface area contributed by atoms with Crippen molar-refractivity contribution in [3.63, 3.8) is 0 Å². The van der Waals surface area contributed by atoms with Crippen LogP contribution in [0.2, 0.25) is 5.02 Å². The monoisotopic (exact) mass is 459 g/mol. The van der Waals surface area contributed by atoms with E-state index in [0.717, 1.165) is 53.8 Å². The zero-order valence-electron chi connectivity index (χ0n) is 17.9. The second-order valence-corrected chi connectivity index (χ2v) is 8.49. The van der Waals surface area contributed by atoms with Crippen LogP contribution in [0, 0.1) is 5.82 Å². The number of carbonyl (C=O) groups is 1. The fourth-order valence-corrected chi connectivity index (χ4v) is 4.47. The molecule has 0 bridgehead atoms. The van der Waals surface area contributed by atoms with E-state index < -0.39 is 5.82 Å². The molecule has 2 N–H and O–H groups in total. The van der Waals surface area contributed by atoms with Gasteiger partial charge in [-0.2, -0.15) is 0 Å². The van der Waals surface area contributed by atoms with Crippen LogP contribution in [0.3, 0.4) is 0 Å². The number of halogens is 2. The van der Waals surface area contributed by atoms with Crippen LogP contribution in [0.15, 0.2) is 78.9 Å². The standard InChI is InChI=1S/C27H23ClFN3O/c28-23-16-19(8-10-24(23)29)20-9-11-26(32-14-12-30-13-15-32)25(17-20)31-27(33)22-7-3-5-18-4-1-2-6-21(18)22/h1-11,16-17,30H,12-15H2,(H,31,33). The summed E-state index contributed by atoms with van der Waals surface area (Å²) in [5.41, 5.74) is 3.93. The summed E-state index contributed by atoms with van der Waals surface area (Å²) in [6.45, 7) is 3.45. The van der Waals surface area contributed by atoms with Gasteiger partial charge in [0.2, 0.25) is 0 Å². The molecule has 4 nitrogen and oxygen atoms in total. The Labute approximate surface area is 197 Å². The Hall–Kier alpha value is -3.41. The second kappa shape index (κ2) is 9.22. The molecule has 1 saturated heterocycles. The summed E-state index contributed by atoms with van der Waals surface area (Å²) >= 11 is 6.02. The summed E-state index contributed by atoms with van der Waals surface area (Å²) < 4.78 is 13.7. The predicted octanol–water partition coefficient (Wildman–Crippen LogP) is 5.96. The van der Waals surface area contributed by atoms with E-state index in [-0.39, 0.29) is 10.9 Å². The van der Waals surface area contributed by atoms with Crippen LogP contribution >= 0.6 is 11.6 Å². The van der Waals surface area contributed by atoms with Gasteiger partial charge in [0.25, 0.3) is 5.91 Å². The van der Waals surface area contributed by atoms with Crippen molar-refractivity contribution in [1.29, 1.82) is 0 Å². The average Bonchev–Trinajstić information content (AvgIpc) is 2.86. The smallest absolute Gasteiger partial charge is 0.256 e. The number of hydrogen-bond donors (Lipinski definition) is 2. The van der Waals surface area contributed by atoms with Gasteiger partial charge in [-0.3, -0.25) is 4.79 Å². The van der Waals surface area contributed by atoms with E-state index in [1.807, 2.05) is 60.7 Å². The normalized spacial score (nSPS) is 13.8. The number of nitrogens with zero attached hydrogens (tertiary/aromatic N) is 1. The van der Waals surface area contributed by atoms with E-state index in [4.69, 9.17) is 11.6 Å². The van der Waals surface area contributed by atoms with E-state index in [2.05, 4.69) is 15.5 Å². The molecule has 0 aromatic heterocycles. The van der Waals surface area contributed by atoms with Crippen molar-refractivity contribution in [2.45, 2.75) is 0 Å². The molecule has 0 radical (unpaired) electrons. The molecule has 6 heteroatoms. The van der Waals surface area contributed by atoms with Crippen molar-refractivity contribution < 1.29 is 9.18 Å². The van der Waals surface area contributed by atoms with Crippen LogP contribution in [-0.4, -0.2) is 32.1 Å². The van der Waals surface area contributed by atoms with Crippen molar-refractivity contribution >= 4 is 39.7 Å². The first-order chi connectivity index (χ1) is 16.1. The molecule has 0 spiro atoms. The Morgan fingerprint density at radius 2 is 1.64 bits per heavy atom. The van der Waals surface area contributed by atoms with Crippen LogP contribution in [0.4, 0.5) is 15.8 Å². The van der Waals surface area contributed by atoms with Gasteiger partial charge >= 0.3 is 0 Å². The number of nitrogens with one attached hydrogen (secondary N) is 2. The first-order valence-corrected chi connectivity index (χ1v) is 11.3. The molecule has 1 aliphatic heterocycles. The molecule has 1 fully saturated rings. The van der Waals surface area contributed by atoms with Crippen LogP contribution in [-0.2, 0) is 0 Å². The number of rotatable bonds is 4. The maximum Gasteiger partial charge on any atom is 0.256 e. The van der Waals surface area contributed by atoms with Gasteiger partial charge in [-0.15, -0.1) is 0 Å². The summed E-state index contributed by atoms with van der Waals surface area (Å²) in [5.74, 6) is -0.625. The van der Waals surface area contributed by atoms with Gasteiger partial charge in [-0.05, 0) is 52.2 Å². The quantitative estimate of drug-likeness (QED) is 0.395. The van der Waals surface area contributed by atoms with E-state index in [9.17, 15) is 9.18 Å². The largest absolute Gasteiger partial charge is 0.367 e. The highest BCUT2D eigenvalue weighted by molar-refractivity contribution is 6.31. The minimum Gasteiger partial charge on any atom is -0.367 e. The number of hydrogen-bond acceptors (Lipinski definition) is 3. The molecule has 0 atom stereocenters. The summed E-state index contributed by atoms with van der Waals surface area (Å²) in [5, 5.41) is 8.50. The number of amides is 1. The SMILES string of the molecule is O=C(Nc1cc(-c2ccc(F)c(Cl)c2)ccc1N1CCNCC1)c1cccc2ccccc12. The molecule has 0 saturated carbocycles. The van der Waals surface area contributed by atoms with Gasteiger partial charge in [-0.1, -0.05) is 60.1 Å². The summed E-state index contributed by atoms with van der Waals surface area (Å²) in [4.78, 5) is 15.7. The lowest BCUT2D eigenvalue weighted by Crippen LogP contribution is -2.43. The lowest BCUT2D eigenvalue weighted by Gasteiger charge is -2.31. The van der Waals surface area contributed by atoms with Crippen molar-refractivity contribution in [1.82, 2.24) is 5.32 Å². The first-order valence-electron chi connectivity index (χ1n) is 10.9. The molecule has 4 aromatic carbocycles. The molecular weight excluding hydrogens is 437 g/mol. The van der Waals surface area contributed by atoms with E-state index in [1.165, 1.54) is 6.07 Å². The predicted molar refractivity (Wildman–Crippen MR) is 134 cm³/mol. The fraction of sp³-hybridized carbons (Fsp3) is 0.148. The molecule has 4 aromatic rings. The van der Waals surface area contributed by atoms with Gasteiger partial charge in [0.1, 0.15) is 5.82 Å². The fourth-order valence-electron chi connectivity index (χ4n) is 4.29. The molecule has 0 aliphatic carbocycles. The Balaban J connectivity index is 1.55. The third-order valence-corrected chi connectivity index (χ3v) is 6.28. The summed E-state index contributed by atoms with van der Waals surface area (Å²) in [6, 6.07) is 24.2. The van der Waals surface area contributed by atoms with E-state index >= 15 is 0 Å². The minimum atomic E-state index is -0.456. The number of carbonyl (C=O) groups excluding carboxylic acids is 1. The van der Waals surface area contributed by atoms with Crippen LogP contribution in [0.5, 0.6) is 0 Å². The number of piperazine rings is 1. The average molecular weight is 460 g/mol. The third kappa shape index (κ3) is 4.42. The molecule has 5 rings (SSSR count). The van der Waals surface area contributed by atoms with Crippen molar-refractivity contribution in [2.75, 3.05) is 36.4 Å². The van der Waals surface area contributed by atoms with Crippen molar-refractivity contribution in [3.8, 4) is 11.1 Å². The number of benzene rings is 4. The lowest BCUT2D eigenvalue weighted by molar-refractivity contribution is 0.102. The van der Waals surface area contributed by atoms with Crippen LogP contribution in [0.1, 0.15) is 10.4 Å². The van der Waals surface area contributed by atoms with Gasteiger partial charge in [0.05, 0.1) is 16.4 Å². The molecule has 1 aliphatic rings. The summed E-state index contributed by atoms with van der Waals surface area (Å²) in [7, 11) is 0. The maximum atomic E-state index is 13.7. The van der Waals surface area contributed by atoms with Crippen molar-refractivity contribution in [2.24, 2.45) is 0 Å². The minimum absolute atomic E-state index is 0.0695. The third-order valence-electron chi connectivity index (χ3n) is 5.99. The molecular formula is C27H23ClFN3O. The van der Waals surface area contributed by atoms with E-state index in [1.54, 1.807) is 12.1 Å². The van der Waals surface area contributed by atoms with Crippen LogP contribution < -0.4 is 15.5 Å². The first kappa shape index (κ1) is 21.4. The zero-order valence-corrected chi connectivity index (χ0v) is 18.7. The van der Waals surface area contributed by atoms with E-state index in [0.29, 0.717) is 11.3 Å². The molecule has 1 heterocycles. The highest BCUT2D eigenvalue weighted by Crippen LogP contribution is 2.34. The Morgan fingerprint density at radius 1 is 0.909 bits per heavy atom. The topological polar surface area (TPSA) is 44.4 Å².